The summed E-state index contributed by atoms with van der Waals surface area (Å²) in [4.78, 5) is 15.9. The van der Waals surface area contributed by atoms with E-state index in [1.165, 1.54) is 7.11 Å². The van der Waals surface area contributed by atoms with Crippen LogP contribution < -0.4 is 0 Å². The summed E-state index contributed by atoms with van der Waals surface area (Å²) in [6.45, 7) is 2.37. The maximum absolute atomic E-state index is 11.5. The van der Waals surface area contributed by atoms with Crippen molar-refractivity contribution in [3.8, 4) is 0 Å². The Morgan fingerprint density at radius 1 is 1.44 bits per heavy atom. The van der Waals surface area contributed by atoms with E-state index in [2.05, 4.69) is 4.98 Å². The van der Waals surface area contributed by atoms with Gasteiger partial charge in [0.25, 0.3) is 0 Å². The Bertz CT molecular complexity index is 517. The number of methoxy groups -OCH3 is 1. The lowest BCUT2D eigenvalue weighted by atomic mass is 10.3. The number of ether oxygens (including phenoxy) is 1. The molecule has 1 aromatic heterocycles. The summed E-state index contributed by atoms with van der Waals surface area (Å²) >= 11 is 0. The number of Topliss-reactive ketones (excluding diaryl/α,β-unsaturated/α-hetero) is 1. The number of hydrogen-bond donors (Lipinski definition) is 0. The molecule has 4 heteroatoms. The molecule has 0 bridgehead atoms. The molecule has 1 aromatic carbocycles. The lowest BCUT2D eigenvalue weighted by Gasteiger charge is -2.05. The van der Waals surface area contributed by atoms with Crippen LogP contribution in [0.3, 0.4) is 0 Å². The maximum atomic E-state index is 11.5. The fourth-order valence-electron chi connectivity index (χ4n) is 1.78. The zero-order valence-corrected chi connectivity index (χ0v) is 9.43. The van der Waals surface area contributed by atoms with Crippen LogP contribution in [0.1, 0.15) is 5.82 Å². The van der Waals surface area contributed by atoms with E-state index in [1.807, 2.05) is 35.8 Å². The Hall–Kier alpha value is -1.68. The van der Waals surface area contributed by atoms with Gasteiger partial charge >= 0.3 is 0 Å². The van der Waals surface area contributed by atoms with Gasteiger partial charge < -0.3 is 9.30 Å². The van der Waals surface area contributed by atoms with E-state index in [1.54, 1.807) is 0 Å². The average Bonchev–Trinajstić information content (AvgIpc) is 2.56. The quantitative estimate of drug-likeness (QED) is 0.782. The first-order valence-electron chi connectivity index (χ1n) is 5.15. The first-order valence-corrected chi connectivity index (χ1v) is 5.15. The zero-order chi connectivity index (χ0) is 11.5. The molecule has 2 rings (SSSR count). The third kappa shape index (κ3) is 1.97. The van der Waals surface area contributed by atoms with E-state index in [0.717, 1.165) is 16.9 Å². The number of carbonyl (C=O) groups excluding carboxylic acids is 1. The van der Waals surface area contributed by atoms with Crippen LogP contribution in [-0.2, 0) is 16.1 Å². The zero-order valence-electron chi connectivity index (χ0n) is 9.43. The smallest absolute Gasteiger partial charge is 0.178 e. The number of carbonyl (C=O) groups is 1. The number of ketones is 1. The van der Waals surface area contributed by atoms with Gasteiger partial charge in [-0.05, 0) is 19.1 Å². The lowest BCUT2D eigenvalue weighted by Crippen LogP contribution is -2.15. The van der Waals surface area contributed by atoms with Gasteiger partial charge in [-0.3, -0.25) is 4.79 Å². The Balaban J connectivity index is 2.36. The molecule has 0 unspecified atom stereocenters. The van der Waals surface area contributed by atoms with Crippen molar-refractivity contribution in [2.75, 3.05) is 13.7 Å². The minimum absolute atomic E-state index is 0.0498. The van der Waals surface area contributed by atoms with Gasteiger partial charge in [0.05, 0.1) is 17.6 Å². The molecule has 0 atom stereocenters. The first kappa shape index (κ1) is 10.8. The summed E-state index contributed by atoms with van der Waals surface area (Å²) < 4.78 is 6.73. The molecule has 0 aliphatic heterocycles. The van der Waals surface area contributed by atoms with Crippen LogP contribution in [0, 0.1) is 6.92 Å². The van der Waals surface area contributed by atoms with Gasteiger partial charge in [-0.25, -0.2) is 4.98 Å². The molecule has 0 spiro atoms. The molecule has 0 radical (unpaired) electrons. The average molecular weight is 218 g/mol. The molecule has 0 saturated heterocycles. The van der Waals surface area contributed by atoms with Crippen LogP contribution in [0.25, 0.3) is 11.0 Å². The van der Waals surface area contributed by atoms with E-state index in [0.29, 0.717) is 6.54 Å². The summed E-state index contributed by atoms with van der Waals surface area (Å²) in [5.41, 5.74) is 1.91. The summed E-state index contributed by atoms with van der Waals surface area (Å²) in [5, 5.41) is 0. The molecular formula is C12H14N2O2. The highest BCUT2D eigenvalue weighted by atomic mass is 16.5. The first-order chi connectivity index (χ1) is 7.72. The third-order valence-corrected chi connectivity index (χ3v) is 2.49. The highest BCUT2D eigenvalue weighted by molar-refractivity contribution is 5.83. The number of aromatic nitrogens is 2. The monoisotopic (exact) mass is 218 g/mol. The molecule has 0 amide bonds. The number of aryl methyl sites for hydroxylation is 1. The maximum Gasteiger partial charge on any atom is 0.178 e. The van der Waals surface area contributed by atoms with Gasteiger partial charge in [0.15, 0.2) is 5.78 Å². The summed E-state index contributed by atoms with van der Waals surface area (Å²) in [6, 6.07) is 7.80. The van der Waals surface area contributed by atoms with Crippen molar-refractivity contribution in [2.45, 2.75) is 13.5 Å². The molecule has 0 saturated carbocycles. The van der Waals surface area contributed by atoms with E-state index >= 15 is 0 Å². The summed E-state index contributed by atoms with van der Waals surface area (Å²) in [6.07, 6.45) is 0. The van der Waals surface area contributed by atoms with E-state index in [4.69, 9.17) is 4.74 Å². The minimum atomic E-state index is 0.0498. The van der Waals surface area contributed by atoms with Crippen molar-refractivity contribution in [1.82, 2.24) is 9.55 Å². The second-order valence-corrected chi connectivity index (χ2v) is 3.71. The van der Waals surface area contributed by atoms with Gasteiger partial charge in [-0.2, -0.15) is 0 Å². The highest BCUT2D eigenvalue weighted by Gasteiger charge is 2.09. The Morgan fingerprint density at radius 2 is 2.19 bits per heavy atom. The molecule has 0 aliphatic rings. The Morgan fingerprint density at radius 3 is 2.94 bits per heavy atom. The van der Waals surface area contributed by atoms with Crippen LogP contribution in [-0.4, -0.2) is 29.1 Å². The number of para-hydroxylation sites is 2. The van der Waals surface area contributed by atoms with Gasteiger partial charge in [0.1, 0.15) is 12.4 Å². The van der Waals surface area contributed by atoms with Crippen molar-refractivity contribution in [2.24, 2.45) is 0 Å². The number of nitrogens with zero attached hydrogens (tertiary/aromatic N) is 2. The molecule has 1 heterocycles. The van der Waals surface area contributed by atoms with Crippen LogP contribution in [0.4, 0.5) is 0 Å². The van der Waals surface area contributed by atoms with Crippen LogP contribution >= 0.6 is 0 Å². The molecular weight excluding hydrogens is 204 g/mol. The third-order valence-electron chi connectivity index (χ3n) is 2.49. The molecule has 84 valence electrons. The molecule has 0 N–H and O–H groups in total. The number of benzene rings is 1. The lowest BCUT2D eigenvalue weighted by molar-refractivity contribution is -0.123. The van der Waals surface area contributed by atoms with Gasteiger partial charge in [0, 0.05) is 7.11 Å². The van der Waals surface area contributed by atoms with Gasteiger partial charge in [-0.1, -0.05) is 12.1 Å². The van der Waals surface area contributed by atoms with Crippen molar-refractivity contribution in [3.63, 3.8) is 0 Å². The van der Waals surface area contributed by atoms with Gasteiger partial charge in [-0.15, -0.1) is 0 Å². The number of fused-ring (bicyclic) bond motifs is 1. The second kappa shape index (κ2) is 4.45. The fourth-order valence-corrected chi connectivity index (χ4v) is 1.78. The van der Waals surface area contributed by atoms with E-state index in [9.17, 15) is 4.79 Å². The SMILES string of the molecule is COCC(=O)Cn1c(C)nc2ccccc21. The Labute approximate surface area is 93.9 Å². The van der Waals surface area contributed by atoms with Gasteiger partial charge in [0.2, 0.25) is 0 Å². The molecule has 0 aliphatic carbocycles. The largest absolute Gasteiger partial charge is 0.377 e. The number of rotatable bonds is 4. The molecule has 4 nitrogen and oxygen atoms in total. The van der Waals surface area contributed by atoms with Crippen LogP contribution in [0.15, 0.2) is 24.3 Å². The predicted octanol–water partition coefficient (Wildman–Crippen LogP) is 1.56. The summed E-state index contributed by atoms with van der Waals surface area (Å²) in [7, 11) is 1.52. The van der Waals surface area contributed by atoms with Crippen molar-refractivity contribution >= 4 is 16.8 Å². The fraction of sp³-hybridized carbons (Fsp3) is 0.333. The van der Waals surface area contributed by atoms with Crippen LogP contribution in [0.2, 0.25) is 0 Å². The van der Waals surface area contributed by atoms with Crippen molar-refractivity contribution in [1.29, 1.82) is 0 Å². The van der Waals surface area contributed by atoms with Crippen LogP contribution in [0.5, 0.6) is 0 Å². The highest BCUT2D eigenvalue weighted by Crippen LogP contribution is 2.15. The van der Waals surface area contributed by atoms with Crippen molar-refractivity contribution in [3.05, 3.63) is 30.1 Å². The molecule has 0 fully saturated rings. The predicted molar refractivity (Wildman–Crippen MR) is 61.4 cm³/mol. The molecule has 2 aromatic rings. The van der Waals surface area contributed by atoms with Crippen molar-refractivity contribution < 1.29 is 9.53 Å². The minimum Gasteiger partial charge on any atom is -0.377 e. The molecule has 16 heavy (non-hydrogen) atoms. The normalized spacial score (nSPS) is 10.9. The number of hydrogen-bond acceptors (Lipinski definition) is 3. The Kier molecular flexibility index (Phi) is 3.01. The number of imidazole rings is 1. The van der Waals surface area contributed by atoms with E-state index in [-0.39, 0.29) is 12.4 Å². The topological polar surface area (TPSA) is 44.1 Å². The van der Waals surface area contributed by atoms with E-state index < -0.39 is 0 Å². The standard InChI is InChI=1S/C12H14N2O2/c1-9-13-11-5-3-4-6-12(11)14(9)7-10(15)8-16-2/h3-6H,7-8H2,1-2H3. The summed E-state index contributed by atoms with van der Waals surface area (Å²) in [5.74, 6) is 0.902. The second-order valence-electron chi connectivity index (χ2n) is 3.71.